The van der Waals surface area contributed by atoms with E-state index in [0.717, 1.165) is 0 Å². The highest BCUT2D eigenvalue weighted by Gasteiger charge is 2.53. The van der Waals surface area contributed by atoms with Gasteiger partial charge in [-0.2, -0.15) is 0 Å². The highest BCUT2D eigenvalue weighted by atomic mass is 16.5. The van der Waals surface area contributed by atoms with Gasteiger partial charge < -0.3 is 15.2 Å². The van der Waals surface area contributed by atoms with E-state index in [0.29, 0.717) is 18.6 Å². The van der Waals surface area contributed by atoms with E-state index in [1.807, 2.05) is 19.9 Å². The Bertz CT molecular complexity index is 704. The van der Waals surface area contributed by atoms with Crippen LogP contribution in [0.1, 0.15) is 38.7 Å². The Morgan fingerprint density at radius 2 is 1.96 bits per heavy atom. The molecule has 2 N–H and O–H groups in total. The molecule has 7 nitrogen and oxygen atoms in total. The number of carbonyl (C=O) groups excluding carboxylic acids is 3. The Hall–Kier alpha value is -2.25. The first kappa shape index (κ1) is 22.0. The van der Waals surface area contributed by atoms with Crippen LogP contribution in [0.15, 0.2) is 30.3 Å². The van der Waals surface area contributed by atoms with E-state index in [9.17, 15) is 19.5 Å². The third kappa shape index (κ3) is 4.97. The van der Waals surface area contributed by atoms with Crippen molar-refractivity contribution in [1.29, 1.82) is 0 Å². The van der Waals surface area contributed by atoms with Gasteiger partial charge in [0.15, 0.2) is 0 Å². The fraction of sp³-hybridized carbons (Fsp3) is 0.571. The summed E-state index contributed by atoms with van der Waals surface area (Å²) in [5.74, 6) is -0.921. The summed E-state index contributed by atoms with van der Waals surface area (Å²) in [6.45, 7) is 4.62. The van der Waals surface area contributed by atoms with Crippen LogP contribution in [0.4, 0.5) is 0 Å². The molecular formula is C21H30N2O5. The van der Waals surface area contributed by atoms with Gasteiger partial charge in [-0.3, -0.25) is 19.3 Å². The maximum absolute atomic E-state index is 13.3. The average Bonchev–Trinajstić information content (AvgIpc) is 2.92. The number of hydrogen-bond donors (Lipinski definition) is 2. The molecule has 1 aliphatic heterocycles. The molecular weight excluding hydrogens is 360 g/mol. The second kappa shape index (κ2) is 9.30. The minimum atomic E-state index is -1.20. The van der Waals surface area contributed by atoms with Gasteiger partial charge in [0.2, 0.25) is 17.7 Å². The van der Waals surface area contributed by atoms with Crippen LogP contribution >= 0.6 is 0 Å². The molecule has 1 aromatic carbocycles. The maximum atomic E-state index is 13.3. The van der Waals surface area contributed by atoms with Crippen LogP contribution in [-0.2, 0) is 24.5 Å². The van der Waals surface area contributed by atoms with Gasteiger partial charge in [-0.05, 0) is 12.0 Å². The van der Waals surface area contributed by atoms with Crippen molar-refractivity contribution in [1.82, 2.24) is 10.2 Å². The molecule has 0 unspecified atom stereocenters. The lowest BCUT2D eigenvalue weighted by molar-refractivity contribution is -0.141. The largest absolute Gasteiger partial charge is 0.396 e. The number of nitrogens with zero attached hydrogens (tertiary/aromatic N) is 1. The Balaban J connectivity index is 2.24. The van der Waals surface area contributed by atoms with Crippen LogP contribution in [0.5, 0.6) is 0 Å². The minimum absolute atomic E-state index is 0.0281. The predicted octanol–water partition coefficient (Wildman–Crippen LogP) is 1.24. The summed E-state index contributed by atoms with van der Waals surface area (Å²) in [5, 5.41) is 12.2. The Morgan fingerprint density at radius 1 is 1.29 bits per heavy atom. The standard InChI is InChI=1S/C21H30N2O5/c1-20(2,15-24)14-22-17(25)12-21(16-8-5-4-6-9-16)13-18(26)23(19(21)27)10-7-11-28-3/h4-6,8-9,24H,7,10-15H2,1-3H3,(H,22,25)/t21-/m1/s1. The first-order chi connectivity index (χ1) is 13.3. The molecule has 1 heterocycles. The third-order valence-electron chi connectivity index (χ3n) is 5.12. The lowest BCUT2D eigenvalue weighted by Gasteiger charge is -2.28. The molecule has 0 spiro atoms. The lowest BCUT2D eigenvalue weighted by atomic mass is 9.75. The van der Waals surface area contributed by atoms with E-state index >= 15 is 0 Å². The molecule has 0 bridgehead atoms. The fourth-order valence-electron chi connectivity index (χ4n) is 3.35. The number of amides is 3. The van der Waals surface area contributed by atoms with E-state index in [2.05, 4.69) is 5.32 Å². The summed E-state index contributed by atoms with van der Waals surface area (Å²) in [6.07, 6.45) is 0.416. The number of methoxy groups -OCH3 is 1. The van der Waals surface area contributed by atoms with E-state index in [1.165, 1.54) is 4.90 Å². The van der Waals surface area contributed by atoms with Crippen LogP contribution in [0.25, 0.3) is 0 Å². The molecule has 28 heavy (non-hydrogen) atoms. The topological polar surface area (TPSA) is 95.9 Å². The van der Waals surface area contributed by atoms with Crippen LogP contribution < -0.4 is 5.32 Å². The zero-order chi connectivity index (χ0) is 20.8. The number of ether oxygens (including phenoxy) is 1. The van der Waals surface area contributed by atoms with E-state index < -0.39 is 10.8 Å². The SMILES string of the molecule is COCCCN1C(=O)C[C@](CC(=O)NCC(C)(C)CO)(c2ccccc2)C1=O. The van der Waals surface area contributed by atoms with Gasteiger partial charge in [0, 0.05) is 51.7 Å². The van der Waals surface area contributed by atoms with Crippen molar-refractivity contribution in [2.24, 2.45) is 5.41 Å². The number of aliphatic hydroxyl groups excluding tert-OH is 1. The van der Waals surface area contributed by atoms with Crippen LogP contribution in [-0.4, -0.2) is 61.1 Å². The molecule has 1 saturated heterocycles. The zero-order valence-corrected chi connectivity index (χ0v) is 16.9. The number of hydrogen-bond acceptors (Lipinski definition) is 5. The van der Waals surface area contributed by atoms with E-state index in [4.69, 9.17) is 4.74 Å². The Kier molecular flexibility index (Phi) is 7.32. The molecule has 1 aliphatic rings. The van der Waals surface area contributed by atoms with Crippen molar-refractivity contribution in [2.75, 3.05) is 33.4 Å². The highest BCUT2D eigenvalue weighted by molar-refractivity contribution is 6.10. The lowest BCUT2D eigenvalue weighted by Crippen LogP contribution is -2.44. The van der Waals surface area contributed by atoms with Crippen molar-refractivity contribution in [2.45, 2.75) is 38.5 Å². The van der Waals surface area contributed by atoms with Gasteiger partial charge >= 0.3 is 0 Å². The molecule has 1 atom stereocenters. The Labute approximate surface area is 166 Å². The van der Waals surface area contributed by atoms with Gasteiger partial charge in [0.05, 0.1) is 5.41 Å². The molecule has 0 radical (unpaired) electrons. The minimum Gasteiger partial charge on any atom is -0.396 e. The zero-order valence-electron chi connectivity index (χ0n) is 16.9. The molecule has 0 saturated carbocycles. The van der Waals surface area contributed by atoms with Crippen LogP contribution in [0, 0.1) is 5.41 Å². The molecule has 7 heteroatoms. The predicted molar refractivity (Wildman–Crippen MR) is 104 cm³/mol. The molecule has 1 aromatic rings. The van der Waals surface area contributed by atoms with Gasteiger partial charge in [-0.15, -0.1) is 0 Å². The number of likely N-dealkylation sites (tertiary alicyclic amines) is 1. The number of nitrogens with one attached hydrogen (secondary N) is 1. The van der Waals surface area contributed by atoms with Crippen molar-refractivity contribution in [3.8, 4) is 0 Å². The Morgan fingerprint density at radius 3 is 2.57 bits per heavy atom. The van der Waals surface area contributed by atoms with Crippen molar-refractivity contribution in [3.63, 3.8) is 0 Å². The molecule has 1 fully saturated rings. The number of benzene rings is 1. The molecule has 0 aromatic heterocycles. The van der Waals surface area contributed by atoms with Gasteiger partial charge in [-0.1, -0.05) is 44.2 Å². The summed E-state index contributed by atoms with van der Waals surface area (Å²) in [4.78, 5) is 39.8. The first-order valence-corrected chi connectivity index (χ1v) is 9.52. The number of rotatable bonds is 10. The maximum Gasteiger partial charge on any atom is 0.240 e. The average molecular weight is 390 g/mol. The normalized spacial score (nSPS) is 19.9. The summed E-state index contributed by atoms with van der Waals surface area (Å²) < 4.78 is 5.01. The summed E-state index contributed by atoms with van der Waals surface area (Å²) in [5.41, 5.74) is -0.991. The number of carbonyl (C=O) groups is 3. The van der Waals surface area contributed by atoms with Crippen LogP contribution in [0.3, 0.4) is 0 Å². The van der Waals surface area contributed by atoms with Gasteiger partial charge in [0.1, 0.15) is 0 Å². The van der Waals surface area contributed by atoms with Crippen molar-refractivity contribution < 1.29 is 24.2 Å². The second-order valence-corrected chi connectivity index (χ2v) is 8.10. The van der Waals surface area contributed by atoms with Crippen LogP contribution in [0.2, 0.25) is 0 Å². The first-order valence-electron chi connectivity index (χ1n) is 9.52. The molecule has 3 amide bonds. The van der Waals surface area contributed by atoms with Gasteiger partial charge in [0.25, 0.3) is 0 Å². The fourth-order valence-corrected chi connectivity index (χ4v) is 3.35. The highest BCUT2D eigenvalue weighted by Crippen LogP contribution is 2.39. The van der Waals surface area contributed by atoms with E-state index in [-0.39, 0.29) is 50.3 Å². The van der Waals surface area contributed by atoms with Crippen molar-refractivity contribution >= 4 is 17.7 Å². The smallest absolute Gasteiger partial charge is 0.240 e. The summed E-state index contributed by atoms with van der Waals surface area (Å²) in [6, 6.07) is 9.01. The van der Waals surface area contributed by atoms with Crippen molar-refractivity contribution in [3.05, 3.63) is 35.9 Å². The number of aliphatic hydroxyl groups is 1. The molecule has 2 rings (SSSR count). The summed E-state index contributed by atoms with van der Waals surface area (Å²) in [7, 11) is 1.57. The monoisotopic (exact) mass is 390 g/mol. The quantitative estimate of drug-likeness (QED) is 0.463. The third-order valence-corrected chi connectivity index (χ3v) is 5.12. The summed E-state index contributed by atoms with van der Waals surface area (Å²) >= 11 is 0. The molecule has 154 valence electrons. The number of imide groups is 1. The van der Waals surface area contributed by atoms with E-state index in [1.54, 1.807) is 31.4 Å². The second-order valence-electron chi connectivity index (χ2n) is 8.10. The van der Waals surface area contributed by atoms with Gasteiger partial charge in [-0.25, -0.2) is 0 Å². The molecule has 0 aliphatic carbocycles.